The van der Waals surface area contributed by atoms with Crippen LogP contribution < -0.4 is 4.72 Å². The number of sulfone groups is 1. The quantitative estimate of drug-likeness (QED) is 0.755. The van der Waals surface area contributed by atoms with Gasteiger partial charge >= 0.3 is 0 Å². The summed E-state index contributed by atoms with van der Waals surface area (Å²) in [7, 11) is -7.88. The van der Waals surface area contributed by atoms with Crippen LogP contribution in [0.1, 0.15) is 5.56 Å². The van der Waals surface area contributed by atoms with Crippen molar-refractivity contribution >= 4 is 25.5 Å². The van der Waals surface area contributed by atoms with Gasteiger partial charge in [-0.1, -0.05) is 11.8 Å². The van der Waals surface area contributed by atoms with Crippen LogP contribution in [0.25, 0.3) is 0 Å². The first-order valence-corrected chi connectivity index (χ1v) is 8.92. The molecule has 0 aromatic heterocycles. The third-order valence-electron chi connectivity index (χ3n) is 1.92. The minimum Gasteiger partial charge on any atom is -0.384 e. The van der Waals surface area contributed by atoms with Gasteiger partial charge in [0.2, 0.25) is 10.0 Å². The molecule has 1 aromatic rings. The van der Waals surface area contributed by atoms with E-state index in [-0.39, 0.29) is 11.3 Å². The van der Waals surface area contributed by atoms with E-state index in [1.165, 1.54) is 0 Å². The van der Waals surface area contributed by atoms with Gasteiger partial charge in [-0.3, -0.25) is 4.72 Å². The lowest BCUT2D eigenvalue weighted by atomic mass is 10.2. The molecule has 0 heterocycles. The van der Waals surface area contributed by atoms with Crippen molar-refractivity contribution in [1.29, 1.82) is 0 Å². The summed E-state index contributed by atoms with van der Waals surface area (Å²) < 4.78 is 60.4. The third-order valence-corrected chi connectivity index (χ3v) is 5.40. The fourth-order valence-corrected chi connectivity index (χ4v) is 4.33. The van der Waals surface area contributed by atoms with Gasteiger partial charge in [-0.15, -0.1) is 0 Å². The molecule has 0 atom stereocenters. The van der Waals surface area contributed by atoms with Crippen LogP contribution in [0.3, 0.4) is 0 Å². The molecule has 1 rings (SSSR count). The van der Waals surface area contributed by atoms with Gasteiger partial charge < -0.3 is 5.11 Å². The number of aliphatic hydroxyl groups excluding tert-OH is 1. The summed E-state index contributed by atoms with van der Waals surface area (Å²) in [5.41, 5.74) is -0.0628. The normalized spacial score (nSPS) is 11.6. The number of sulfonamides is 1. The largest absolute Gasteiger partial charge is 0.384 e. The second-order valence-electron chi connectivity index (χ2n) is 3.91. The van der Waals surface area contributed by atoms with E-state index in [1.54, 1.807) is 0 Å². The number of halogens is 1. The molecule has 1 aromatic carbocycles. The highest BCUT2D eigenvalue weighted by Crippen LogP contribution is 2.18. The maximum atomic E-state index is 13.1. The van der Waals surface area contributed by atoms with Gasteiger partial charge in [0.15, 0.2) is 14.9 Å². The van der Waals surface area contributed by atoms with Crippen molar-refractivity contribution < 1.29 is 26.3 Å². The SMILES string of the molecule is CS(=O)(=O)CS(=O)(=O)Nc1ccc(F)cc1C#CCO. The minimum absolute atomic E-state index is 0.00359. The molecule has 0 spiro atoms. The Morgan fingerprint density at radius 2 is 1.95 bits per heavy atom. The van der Waals surface area contributed by atoms with E-state index in [0.717, 1.165) is 24.5 Å². The highest BCUT2D eigenvalue weighted by molar-refractivity contribution is 8.08. The van der Waals surface area contributed by atoms with Crippen molar-refractivity contribution in [2.45, 2.75) is 0 Å². The highest BCUT2D eigenvalue weighted by Gasteiger charge is 2.19. The summed E-state index contributed by atoms with van der Waals surface area (Å²) in [5.74, 6) is 3.98. The zero-order valence-electron chi connectivity index (χ0n) is 10.4. The van der Waals surface area contributed by atoms with Crippen LogP contribution in [0, 0.1) is 17.7 Å². The summed E-state index contributed by atoms with van der Waals surface area (Å²) in [6.45, 7) is -0.480. The summed E-state index contributed by atoms with van der Waals surface area (Å²) in [4.78, 5) is 0. The first-order valence-electron chi connectivity index (χ1n) is 5.20. The lowest BCUT2D eigenvalue weighted by Crippen LogP contribution is -2.22. The van der Waals surface area contributed by atoms with E-state index in [4.69, 9.17) is 5.11 Å². The molecule has 0 saturated carbocycles. The Hall–Kier alpha value is -1.63. The molecule has 6 nitrogen and oxygen atoms in total. The first-order chi connectivity index (χ1) is 9.13. The van der Waals surface area contributed by atoms with Crippen LogP contribution in [-0.4, -0.2) is 39.9 Å². The lowest BCUT2D eigenvalue weighted by Gasteiger charge is -2.09. The molecular formula is C11H12FNO5S2. The maximum Gasteiger partial charge on any atom is 0.247 e. The Balaban J connectivity index is 3.15. The molecule has 0 amide bonds. The van der Waals surface area contributed by atoms with Crippen LogP contribution in [-0.2, 0) is 19.9 Å². The highest BCUT2D eigenvalue weighted by atomic mass is 32.3. The zero-order chi connectivity index (χ0) is 15.4. The molecule has 110 valence electrons. The summed E-state index contributed by atoms with van der Waals surface area (Å²) in [6, 6.07) is 3.10. The van der Waals surface area contributed by atoms with Crippen molar-refractivity contribution in [3.05, 3.63) is 29.6 Å². The third kappa shape index (κ3) is 5.56. The van der Waals surface area contributed by atoms with Gasteiger partial charge in [0, 0.05) is 6.26 Å². The molecule has 20 heavy (non-hydrogen) atoms. The maximum absolute atomic E-state index is 13.1. The van der Waals surface area contributed by atoms with E-state index in [9.17, 15) is 21.2 Å². The predicted octanol–water partition coefficient (Wildman–Crippen LogP) is -0.0867. The Kier molecular flexibility index (Phi) is 5.10. The van der Waals surface area contributed by atoms with Crippen LogP contribution in [0.2, 0.25) is 0 Å². The van der Waals surface area contributed by atoms with Gasteiger partial charge in [0.1, 0.15) is 12.4 Å². The number of rotatable bonds is 4. The Morgan fingerprint density at radius 3 is 2.50 bits per heavy atom. The average molecular weight is 321 g/mol. The Morgan fingerprint density at radius 1 is 1.30 bits per heavy atom. The number of benzene rings is 1. The fraction of sp³-hybridized carbons (Fsp3) is 0.273. The van der Waals surface area contributed by atoms with E-state index in [2.05, 4.69) is 11.8 Å². The fourth-order valence-electron chi connectivity index (χ4n) is 1.32. The second-order valence-corrected chi connectivity index (χ2v) is 8.14. The van der Waals surface area contributed by atoms with E-state index in [1.807, 2.05) is 4.72 Å². The Bertz CT molecular complexity index is 760. The number of hydrogen-bond donors (Lipinski definition) is 2. The van der Waals surface area contributed by atoms with Crippen molar-refractivity contribution in [3.8, 4) is 11.8 Å². The monoisotopic (exact) mass is 321 g/mol. The molecule has 0 bridgehead atoms. The predicted molar refractivity (Wildman–Crippen MR) is 72.6 cm³/mol. The topological polar surface area (TPSA) is 101 Å². The van der Waals surface area contributed by atoms with Crippen LogP contribution in [0.15, 0.2) is 18.2 Å². The number of anilines is 1. The van der Waals surface area contributed by atoms with E-state index < -0.39 is 37.4 Å². The summed E-state index contributed by atoms with van der Waals surface area (Å²) in [5, 5.41) is 7.49. The molecular weight excluding hydrogens is 309 g/mol. The van der Waals surface area contributed by atoms with Gasteiger partial charge in [0.05, 0.1) is 11.3 Å². The molecule has 0 unspecified atom stereocenters. The van der Waals surface area contributed by atoms with Crippen molar-refractivity contribution in [2.24, 2.45) is 0 Å². The van der Waals surface area contributed by atoms with E-state index >= 15 is 0 Å². The Labute approximate surface area is 116 Å². The first kappa shape index (κ1) is 16.4. The molecule has 2 N–H and O–H groups in total. The van der Waals surface area contributed by atoms with Crippen molar-refractivity contribution in [2.75, 3.05) is 22.7 Å². The summed E-state index contributed by atoms with van der Waals surface area (Å²) in [6.07, 6.45) is 0.781. The molecule has 0 aliphatic heterocycles. The van der Waals surface area contributed by atoms with Gasteiger partial charge in [0.25, 0.3) is 0 Å². The number of hydrogen-bond acceptors (Lipinski definition) is 5. The molecule has 0 saturated heterocycles. The van der Waals surface area contributed by atoms with Crippen LogP contribution >= 0.6 is 0 Å². The van der Waals surface area contributed by atoms with Crippen LogP contribution in [0.5, 0.6) is 0 Å². The summed E-state index contributed by atoms with van der Waals surface area (Å²) >= 11 is 0. The number of aliphatic hydroxyl groups is 1. The van der Waals surface area contributed by atoms with E-state index in [0.29, 0.717) is 0 Å². The second kappa shape index (κ2) is 6.21. The molecule has 0 fully saturated rings. The van der Waals surface area contributed by atoms with Crippen LogP contribution in [0.4, 0.5) is 10.1 Å². The van der Waals surface area contributed by atoms with Gasteiger partial charge in [-0.2, -0.15) is 0 Å². The standard InChI is InChI=1S/C11H12FNO5S2/c1-19(15,16)8-20(17,18)13-11-5-4-10(12)7-9(11)3-2-6-14/h4-5,7,13-14H,6,8H2,1H3. The average Bonchev–Trinajstić information content (AvgIpc) is 2.26. The minimum atomic E-state index is -4.14. The van der Waals surface area contributed by atoms with Gasteiger partial charge in [-0.05, 0) is 18.2 Å². The zero-order valence-corrected chi connectivity index (χ0v) is 12.1. The molecule has 9 heteroatoms. The van der Waals surface area contributed by atoms with Gasteiger partial charge in [-0.25, -0.2) is 21.2 Å². The smallest absolute Gasteiger partial charge is 0.247 e. The molecule has 0 radical (unpaired) electrons. The molecule has 0 aliphatic carbocycles. The van der Waals surface area contributed by atoms with Crippen molar-refractivity contribution in [3.63, 3.8) is 0 Å². The molecule has 0 aliphatic rings. The lowest BCUT2D eigenvalue weighted by molar-refractivity contribution is 0.350. The number of nitrogens with one attached hydrogen (secondary N) is 1. The van der Waals surface area contributed by atoms with Crippen molar-refractivity contribution in [1.82, 2.24) is 0 Å².